The van der Waals surface area contributed by atoms with Gasteiger partial charge in [0.2, 0.25) is 0 Å². The van der Waals surface area contributed by atoms with Crippen LogP contribution in [0.3, 0.4) is 0 Å². The predicted molar refractivity (Wildman–Crippen MR) is 128 cm³/mol. The van der Waals surface area contributed by atoms with E-state index in [1.165, 1.54) is 12.1 Å². The van der Waals surface area contributed by atoms with Crippen molar-refractivity contribution in [2.75, 3.05) is 50.8 Å². The predicted octanol–water partition coefficient (Wildman–Crippen LogP) is 3.05. The van der Waals surface area contributed by atoms with Crippen molar-refractivity contribution in [1.29, 1.82) is 0 Å². The lowest BCUT2D eigenvalue weighted by molar-refractivity contribution is 0.124. The smallest absolute Gasteiger partial charge is 0.194 e. The molecule has 1 fully saturated rings. The second-order valence-corrected chi connectivity index (χ2v) is 9.56. The van der Waals surface area contributed by atoms with Gasteiger partial charge >= 0.3 is 0 Å². The SMILES string of the molecule is CCNC(=NCCS(=O)(=O)CC)N1CCN(C(CC)c2ccc(F)cc2F)CC1.I. The van der Waals surface area contributed by atoms with Crippen LogP contribution in [0.4, 0.5) is 8.78 Å². The normalized spacial score (nSPS) is 16.8. The van der Waals surface area contributed by atoms with E-state index in [2.05, 4.69) is 20.1 Å². The summed E-state index contributed by atoms with van der Waals surface area (Å²) < 4.78 is 50.9. The van der Waals surface area contributed by atoms with E-state index in [-0.39, 0.29) is 48.1 Å². The summed E-state index contributed by atoms with van der Waals surface area (Å²) in [6.07, 6.45) is 0.728. The molecule has 2 rings (SSSR count). The Labute approximate surface area is 196 Å². The fourth-order valence-corrected chi connectivity index (χ4v) is 4.21. The van der Waals surface area contributed by atoms with Gasteiger partial charge in [-0.2, -0.15) is 0 Å². The van der Waals surface area contributed by atoms with Crippen molar-refractivity contribution in [2.45, 2.75) is 33.2 Å². The van der Waals surface area contributed by atoms with E-state index in [9.17, 15) is 17.2 Å². The Bertz CT molecular complexity index is 800. The van der Waals surface area contributed by atoms with Gasteiger partial charge < -0.3 is 10.2 Å². The molecule has 1 unspecified atom stereocenters. The molecule has 1 saturated heterocycles. The summed E-state index contributed by atoms with van der Waals surface area (Å²) in [5.74, 6) is -0.204. The molecule has 0 spiro atoms. The zero-order valence-electron chi connectivity index (χ0n) is 17.9. The van der Waals surface area contributed by atoms with Gasteiger partial charge in [0.25, 0.3) is 0 Å². The standard InChI is InChI=1S/C20H32F2N4O2S.HI/c1-4-19(17-8-7-16(21)15-18(17)22)25-10-12-26(13-11-25)20(23-5-2)24-9-14-29(27,28)6-3;/h7-8,15,19H,4-6,9-14H2,1-3H3,(H,23,24);1H. The van der Waals surface area contributed by atoms with Gasteiger partial charge in [0.05, 0.1) is 12.3 Å². The maximum atomic E-state index is 14.3. The van der Waals surface area contributed by atoms with Crippen LogP contribution in [0.15, 0.2) is 23.2 Å². The van der Waals surface area contributed by atoms with Gasteiger partial charge in [-0.25, -0.2) is 17.2 Å². The highest BCUT2D eigenvalue weighted by atomic mass is 127. The molecule has 0 aromatic heterocycles. The summed E-state index contributed by atoms with van der Waals surface area (Å²) in [6.45, 7) is 9.36. The maximum Gasteiger partial charge on any atom is 0.194 e. The Kier molecular flexibility index (Phi) is 11.5. The molecule has 1 atom stereocenters. The fraction of sp³-hybridized carbons (Fsp3) is 0.650. The largest absolute Gasteiger partial charge is 0.357 e. The molecule has 10 heteroatoms. The van der Waals surface area contributed by atoms with Crippen LogP contribution in [0.1, 0.15) is 38.8 Å². The Hall–Kier alpha value is -1.01. The van der Waals surface area contributed by atoms with Gasteiger partial charge in [-0.3, -0.25) is 9.89 Å². The molecule has 1 aromatic rings. The molecular weight excluding hydrogens is 525 g/mol. The molecule has 172 valence electrons. The minimum absolute atomic E-state index is 0. The van der Waals surface area contributed by atoms with Crippen LogP contribution in [0, 0.1) is 11.6 Å². The van der Waals surface area contributed by atoms with E-state index in [1.807, 2.05) is 13.8 Å². The number of aliphatic imine (C=N–C) groups is 1. The lowest BCUT2D eigenvalue weighted by Gasteiger charge is -2.40. The second kappa shape index (κ2) is 12.7. The first-order chi connectivity index (χ1) is 13.8. The number of piperazine rings is 1. The zero-order chi connectivity index (χ0) is 21.4. The quantitative estimate of drug-likeness (QED) is 0.302. The van der Waals surface area contributed by atoms with E-state index in [0.29, 0.717) is 44.2 Å². The van der Waals surface area contributed by atoms with E-state index >= 15 is 0 Å². The summed E-state index contributed by atoms with van der Waals surface area (Å²) in [7, 11) is -3.05. The van der Waals surface area contributed by atoms with Crippen LogP contribution in [0.2, 0.25) is 0 Å². The first kappa shape index (κ1) is 27.0. The molecule has 0 saturated carbocycles. The van der Waals surface area contributed by atoms with Gasteiger partial charge in [-0.1, -0.05) is 19.9 Å². The minimum atomic E-state index is -3.05. The number of nitrogens with one attached hydrogen (secondary N) is 1. The molecule has 1 heterocycles. The Morgan fingerprint density at radius 1 is 1.17 bits per heavy atom. The molecule has 0 bridgehead atoms. The number of guanidine groups is 1. The third-order valence-electron chi connectivity index (χ3n) is 5.20. The van der Waals surface area contributed by atoms with Crippen LogP contribution in [-0.4, -0.2) is 75.0 Å². The van der Waals surface area contributed by atoms with Crippen molar-refractivity contribution in [3.8, 4) is 0 Å². The highest BCUT2D eigenvalue weighted by Crippen LogP contribution is 2.28. The molecule has 1 aliphatic rings. The van der Waals surface area contributed by atoms with Crippen molar-refractivity contribution in [2.24, 2.45) is 4.99 Å². The Morgan fingerprint density at radius 3 is 2.37 bits per heavy atom. The van der Waals surface area contributed by atoms with E-state index in [1.54, 1.807) is 6.92 Å². The highest BCUT2D eigenvalue weighted by molar-refractivity contribution is 14.0. The number of nitrogens with zero attached hydrogens (tertiary/aromatic N) is 3. The summed E-state index contributed by atoms with van der Waals surface area (Å²) >= 11 is 0. The summed E-state index contributed by atoms with van der Waals surface area (Å²) in [5.41, 5.74) is 0.521. The molecule has 1 N–H and O–H groups in total. The van der Waals surface area contributed by atoms with Crippen LogP contribution in [0.5, 0.6) is 0 Å². The van der Waals surface area contributed by atoms with Gasteiger partial charge in [0, 0.05) is 56.1 Å². The van der Waals surface area contributed by atoms with Crippen LogP contribution < -0.4 is 5.32 Å². The molecule has 6 nitrogen and oxygen atoms in total. The summed E-state index contributed by atoms with van der Waals surface area (Å²) in [6, 6.07) is 3.67. The molecule has 1 aromatic carbocycles. The average Bonchev–Trinajstić information content (AvgIpc) is 2.70. The lowest BCUT2D eigenvalue weighted by atomic mass is 10.0. The number of benzene rings is 1. The number of hydrogen-bond acceptors (Lipinski definition) is 4. The van der Waals surface area contributed by atoms with E-state index in [4.69, 9.17) is 0 Å². The zero-order valence-corrected chi connectivity index (χ0v) is 21.1. The van der Waals surface area contributed by atoms with Crippen molar-refractivity contribution in [3.05, 3.63) is 35.4 Å². The molecule has 0 aliphatic carbocycles. The second-order valence-electron chi connectivity index (χ2n) is 7.08. The molecular formula is C20H33F2IN4O2S. The van der Waals surface area contributed by atoms with Crippen molar-refractivity contribution in [1.82, 2.24) is 15.1 Å². The highest BCUT2D eigenvalue weighted by Gasteiger charge is 2.27. The third-order valence-corrected chi connectivity index (χ3v) is 6.89. The molecule has 1 aliphatic heterocycles. The van der Waals surface area contributed by atoms with Crippen molar-refractivity contribution in [3.63, 3.8) is 0 Å². The topological polar surface area (TPSA) is 65.0 Å². The van der Waals surface area contributed by atoms with Crippen LogP contribution >= 0.6 is 24.0 Å². The van der Waals surface area contributed by atoms with Crippen LogP contribution in [-0.2, 0) is 9.84 Å². The van der Waals surface area contributed by atoms with Gasteiger partial charge in [0.15, 0.2) is 15.8 Å². The van der Waals surface area contributed by atoms with Gasteiger partial charge in [-0.05, 0) is 19.4 Å². The van der Waals surface area contributed by atoms with Crippen molar-refractivity contribution >= 4 is 39.8 Å². The van der Waals surface area contributed by atoms with E-state index in [0.717, 1.165) is 12.5 Å². The average molecular weight is 558 g/mol. The first-order valence-electron chi connectivity index (χ1n) is 10.2. The maximum absolute atomic E-state index is 14.3. The van der Waals surface area contributed by atoms with Gasteiger partial charge in [0.1, 0.15) is 11.6 Å². The summed E-state index contributed by atoms with van der Waals surface area (Å²) in [5, 5.41) is 3.22. The Balaban J connectivity index is 0.00000450. The van der Waals surface area contributed by atoms with E-state index < -0.39 is 21.5 Å². The summed E-state index contributed by atoms with van der Waals surface area (Å²) in [4.78, 5) is 8.78. The lowest BCUT2D eigenvalue weighted by Crippen LogP contribution is -2.53. The Morgan fingerprint density at radius 2 is 1.83 bits per heavy atom. The number of sulfone groups is 1. The number of hydrogen-bond donors (Lipinski definition) is 1. The molecule has 30 heavy (non-hydrogen) atoms. The first-order valence-corrected chi connectivity index (χ1v) is 12.1. The fourth-order valence-electron chi connectivity index (χ4n) is 3.55. The monoisotopic (exact) mass is 558 g/mol. The minimum Gasteiger partial charge on any atom is -0.357 e. The molecule has 0 radical (unpaired) electrons. The van der Waals surface area contributed by atoms with Gasteiger partial charge in [-0.15, -0.1) is 24.0 Å². The molecule has 0 amide bonds. The van der Waals surface area contributed by atoms with Crippen molar-refractivity contribution < 1.29 is 17.2 Å². The number of halogens is 3. The number of rotatable bonds is 8. The van der Waals surface area contributed by atoms with Crippen LogP contribution in [0.25, 0.3) is 0 Å². The third kappa shape index (κ3) is 7.60.